The first kappa shape index (κ1) is 19.1. The van der Waals surface area contributed by atoms with E-state index in [4.69, 9.17) is 4.74 Å². The third kappa shape index (κ3) is 4.94. The van der Waals surface area contributed by atoms with Gasteiger partial charge in [-0.05, 0) is 42.8 Å². The van der Waals surface area contributed by atoms with Crippen LogP contribution in [0.1, 0.15) is 22.8 Å². The largest absolute Gasteiger partial charge is 0.478 e. The molecule has 0 aliphatic heterocycles. The molecule has 0 aliphatic rings. The highest BCUT2D eigenvalue weighted by molar-refractivity contribution is 5.95. The van der Waals surface area contributed by atoms with Crippen LogP contribution in [0.5, 0.6) is 5.75 Å². The highest BCUT2D eigenvalue weighted by atomic mass is 19.1. The molecule has 2 N–H and O–H groups in total. The van der Waals surface area contributed by atoms with E-state index in [-0.39, 0.29) is 5.75 Å². The number of nitrogens with zero attached hydrogens (tertiary/aromatic N) is 2. The number of hydrogen-bond acceptors (Lipinski definition) is 4. The lowest BCUT2D eigenvalue weighted by atomic mass is 10.1. The SMILES string of the molecule is CC(Oc1ccccc1F)C(=O)NNC(=O)c1ccc(Cn2cccn2)cc1. The molecule has 2 aromatic carbocycles. The van der Waals surface area contributed by atoms with Gasteiger partial charge in [0.25, 0.3) is 11.8 Å². The van der Waals surface area contributed by atoms with E-state index in [1.807, 2.05) is 24.4 Å². The number of carbonyl (C=O) groups is 2. The number of hydrazine groups is 1. The van der Waals surface area contributed by atoms with Crippen LogP contribution in [0, 0.1) is 5.82 Å². The maximum absolute atomic E-state index is 13.6. The number of amides is 2. The number of ether oxygens (including phenoxy) is 1. The molecule has 2 amide bonds. The standard InChI is InChI=1S/C20H19FN4O3/c1-14(28-18-6-3-2-5-17(18)21)19(26)23-24-20(27)16-9-7-15(8-10-16)13-25-12-4-11-22-25/h2-12,14H,13H2,1H3,(H,23,26)(H,24,27). The normalized spacial score (nSPS) is 11.5. The van der Waals surface area contributed by atoms with E-state index in [2.05, 4.69) is 16.0 Å². The van der Waals surface area contributed by atoms with Crippen LogP contribution in [0.2, 0.25) is 0 Å². The molecule has 3 aromatic rings. The maximum Gasteiger partial charge on any atom is 0.279 e. The first-order valence-electron chi connectivity index (χ1n) is 8.60. The summed E-state index contributed by atoms with van der Waals surface area (Å²) in [6.45, 7) is 2.05. The van der Waals surface area contributed by atoms with Crippen molar-refractivity contribution in [3.63, 3.8) is 0 Å². The van der Waals surface area contributed by atoms with Gasteiger partial charge in [0.1, 0.15) is 0 Å². The summed E-state index contributed by atoms with van der Waals surface area (Å²) < 4.78 is 20.6. The zero-order chi connectivity index (χ0) is 19.9. The Morgan fingerprint density at radius 2 is 1.86 bits per heavy atom. The lowest BCUT2D eigenvalue weighted by Gasteiger charge is -2.15. The van der Waals surface area contributed by atoms with Crippen molar-refractivity contribution in [1.82, 2.24) is 20.6 Å². The van der Waals surface area contributed by atoms with Crippen molar-refractivity contribution in [2.45, 2.75) is 19.6 Å². The summed E-state index contributed by atoms with van der Waals surface area (Å²) in [5.74, 6) is -1.69. The summed E-state index contributed by atoms with van der Waals surface area (Å²) in [7, 11) is 0. The quantitative estimate of drug-likeness (QED) is 0.641. The number of nitrogens with one attached hydrogen (secondary N) is 2. The van der Waals surface area contributed by atoms with Gasteiger partial charge in [0.05, 0.1) is 6.54 Å². The molecule has 0 saturated carbocycles. The Kier molecular flexibility index (Phi) is 6.01. The summed E-state index contributed by atoms with van der Waals surface area (Å²) in [5, 5.41) is 4.12. The zero-order valence-corrected chi connectivity index (χ0v) is 15.1. The second-order valence-electron chi connectivity index (χ2n) is 6.03. The van der Waals surface area contributed by atoms with Crippen LogP contribution < -0.4 is 15.6 Å². The van der Waals surface area contributed by atoms with Crippen molar-refractivity contribution < 1.29 is 18.7 Å². The Hall–Kier alpha value is -3.68. The zero-order valence-electron chi connectivity index (χ0n) is 15.1. The molecule has 7 nitrogen and oxygen atoms in total. The third-order valence-corrected chi connectivity index (χ3v) is 3.93. The fourth-order valence-electron chi connectivity index (χ4n) is 2.42. The van der Waals surface area contributed by atoms with Crippen molar-refractivity contribution in [3.05, 3.63) is 83.9 Å². The van der Waals surface area contributed by atoms with E-state index >= 15 is 0 Å². The minimum absolute atomic E-state index is 0.0377. The maximum atomic E-state index is 13.6. The number of aromatic nitrogens is 2. The van der Waals surface area contributed by atoms with Gasteiger partial charge in [-0.2, -0.15) is 5.10 Å². The molecule has 0 aliphatic carbocycles. The summed E-state index contributed by atoms with van der Waals surface area (Å²) in [6.07, 6.45) is 2.55. The topological polar surface area (TPSA) is 85.3 Å². The lowest BCUT2D eigenvalue weighted by molar-refractivity contribution is -0.128. The number of carbonyl (C=O) groups excluding carboxylic acids is 2. The molecule has 0 fully saturated rings. The number of halogens is 1. The smallest absolute Gasteiger partial charge is 0.279 e. The van der Waals surface area contributed by atoms with E-state index in [1.54, 1.807) is 29.1 Å². The monoisotopic (exact) mass is 382 g/mol. The number of rotatable bonds is 6. The highest BCUT2D eigenvalue weighted by Crippen LogP contribution is 2.16. The Balaban J connectivity index is 1.50. The fraction of sp³-hybridized carbons (Fsp3) is 0.150. The molecular formula is C20H19FN4O3. The van der Waals surface area contributed by atoms with Gasteiger partial charge in [0, 0.05) is 18.0 Å². The van der Waals surface area contributed by atoms with Crippen molar-refractivity contribution in [1.29, 1.82) is 0 Å². The van der Waals surface area contributed by atoms with Crippen LogP contribution in [0.25, 0.3) is 0 Å². The van der Waals surface area contributed by atoms with E-state index < -0.39 is 23.7 Å². The molecule has 0 bridgehead atoms. The third-order valence-electron chi connectivity index (χ3n) is 3.93. The molecule has 1 atom stereocenters. The molecular weight excluding hydrogens is 363 g/mol. The van der Waals surface area contributed by atoms with Gasteiger partial charge in [0.15, 0.2) is 17.7 Å². The molecule has 0 spiro atoms. The van der Waals surface area contributed by atoms with E-state index in [0.29, 0.717) is 12.1 Å². The van der Waals surface area contributed by atoms with Gasteiger partial charge < -0.3 is 4.74 Å². The van der Waals surface area contributed by atoms with Gasteiger partial charge in [-0.1, -0.05) is 24.3 Å². The molecule has 3 rings (SSSR count). The Morgan fingerprint density at radius 1 is 1.11 bits per heavy atom. The predicted octanol–water partition coefficient (Wildman–Crippen LogP) is 2.30. The fourth-order valence-corrected chi connectivity index (χ4v) is 2.42. The number of benzene rings is 2. The average Bonchev–Trinajstić information content (AvgIpc) is 3.21. The first-order valence-corrected chi connectivity index (χ1v) is 8.60. The van der Waals surface area contributed by atoms with E-state index in [1.165, 1.54) is 25.1 Å². The summed E-state index contributed by atoms with van der Waals surface area (Å²) in [6, 6.07) is 14.5. The second kappa shape index (κ2) is 8.81. The Morgan fingerprint density at radius 3 is 2.54 bits per heavy atom. The van der Waals surface area contributed by atoms with Crippen molar-refractivity contribution in [2.24, 2.45) is 0 Å². The van der Waals surface area contributed by atoms with Crippen LogP contribution in [-0.2, 0) is 11.3 Å². The summed E-state index contributed by atoms with van der Waals surface area (Å²) >= 11 is 0. The molecule has 0 radical (unpaired) electrons. The molecule has 1 unspecified atom stereocenters. The van der Waals surface area contributed by atoms with Gasteiger partial charge in [-0.15, -0.1) is 0 Å². The first-order chi connectivity index (χ1) is 13.5. The van der Waals surface area contributed by atoms with Gasteiger partial charge in [-0.3, -0.25) is 25.1 Å². The Labute approximate surface area is 161 Å². The highest BCUT2D eigenvalue weighted by Gasteiger charge is 2.17. The Bertz CT molecular complexity index is 942. The van der Waals surface area contributed by atoms with Gasteiger partial charge >= 0.3 is 0 Å². The van der Waals surface area contributed by atoms with Crippen molar-refractivity contribution >= 4 is 11.8 Å². The van der Waals surface area contributed by atoms with Gasteiger partial charge in [0.2, 0.25) is 0 Å². The van der Waals surface area contributed by atoms with Crippen LogP contribution >= 0.6 is 0 Å². The summed E-state index contributed by atoms with van der Waals surface area (Å²) in [4.78, 5) is 24.2. The molecule has 28 heavy (non-hydrogen) atoms. The van der Waals surface area contributed by atoms with Crippen molar-refractivity contribution in [2.75, 3.05) is 0 Å². The molecule has 1 aromatic heterocycles. The summed E-state index contributed by atoms with van der Waals surface area (Å²) in [5.41, 5.74) is 5.95. The minimum atomic E-state index is -0.992. The lowest BCUT2D eigenvalue weighted by Crippen LogP contribution is -2.47. The molecule has 8 heteroatoms. The van der Waals surface area contributed by atoms with E-state index in [0.717, 1.165) is 5.56 Å². The predicted molar refractivity (Wildman–Crippen MR) is 99.9 cm³/mol. The van der Waals surface area contributed by atoms with Crippen LogP contribution in [0.3, 0.4) is 0 Å². The molecule has 144 valence electrons. The van der Waals surface area contributed by atoms with Gasteiger partial charge in [-0.25, -0.2) is 4.39 Å². The van der Waals surface area contributed by atoms with Crippen LogP contribution in [0.15, 0.2) is 67.0 Å². The molecule has 0 saturated heterocycles. The average molecular weight is 382 g/mol. The number of hydrogen-bond donors (Lipinski definition) is 2. The minimum Gasteiger partial charge on any atom is -0.478 e. The van der Waals surface area contributed by atoms with E-state index in [9.17, 15) is 14.0 Å². The second-order valence-corrected chi connectivity index (χ2v) is 6.03. The van der Waals surface area contributed by atoms with Crippen LogP contribution in [0.4, 0.5) is 4.39 Å². The van der Waals surface area contributed by atoms with Crippen LogP contribution in [-0.4, -0.2) is 27.7 Å². The molecule has 1 heterocycles. The van der Waals surface area contributed by atoms with Crippen molar-refractivity contribution in [3.8, 4) is 5.75 Å². The number of para-hydroxylation sites is 1.